The van der Waals surface area contributed by atoms with E-state index >= 15 is 0 Å². The minimum atomic E-state index is -1.01. The Morgan fingerprint density at radius 1 is 0.504 bits per heavy atom. The van der Waals surface area contributed by atoms with Gasteiger partial charge >= 0.3 is 5.97 Å². The van der Waals surface area contributed by atoms with E-state index < -0.39 is 71.6 Å². The number of benzene rings is 4. The number of hydrogen-bond donors (Lipinski definition) is 6. The van der Waals surface area contributed by atoms with Gasteiger partial charge in [0.25, 0.3) is 23.6 Å². The lowest BCUT2D eigenvalue weighted by Crippen LogP contribution is -2.54. The van der Waals surface area contributed by atoms with Crippen molar-refractivity contribution in [3.8, 4) is 0 Å². The maximum atomic E-state index is 14.0. The summed E-state index contributed by atoms with van der Waals surface area (Å²) in [5.41, 5.74) is 13.3. The van der Waals surface area contributed by atoms with Gasteiger partial charge in [0.2, 0.25) is 35.4 Å². The van der Waals surface area contributed by atoms with Gasteiger partial charge in [0, 0.05) is 132 Å². The summed E-state index contributed by atoms with van der Waals surface area (Å²) in [6.07, 6.45) is 11.3. The Balaban J connectivity index is 0.000000182. The molecule has 7 N–H and O–H groups in total. The summed E-state index contributed by atoms with van der Waals surface area (Å²) in [7, 11) is 0. The predicted molar refractivity (Wildman–Crippen MR) is 438 cm³/mol. The van der Waals surface area contributed by atoms with Gasteiger partial charge in [0.1, 0.15) is 42.2 Å². The average molecular weight is 1670 g/mol. The second-order valence-corrected chi connectivity index (χ2v) is 32.3. The van der Waals surface area contributed by atoms with Gasteiger partial charge in [-0.25, -0.2) is 19.9 Å². The molecule has 6 aliphatic heterocycles. The number of carboxylic acids is 1. The number of halogens is 2. The highest BCUT2D eigenvalue weighted by Gasteiger charge is 2.48. The fourth-order valence-corrected chi connectivity index (χ4v) is 17.5. The Hall–Kier alpha value is -10.3. The molecule has 0 bridgehead atoms. The van der Waals surface area contributed by atoms with Crippen LogP contribution in [0, 0.1) is 0 Å². The van der Waals surface area contributed by atoms with Gasteiger partial charge in [0.05, 0.1) is 64.3 Å². The highest BCUT2D eigenvalue weighted by molar-refractivity contribution is 6.31. The first kappa shape index (κ1) is 88.0. The Morgan fingerprint density at radius 2 is 0.908 bits per heavy atom. The number of amides is 10. The highest BCUT2D eigenvalue weighted by atomic mass is 35.5. The predicted octanol–water partition coefficient (Wildman–Crippen LogP) is 8.81. The molecule has 119 heavy (non-hydrogen) atoms. The summed E-state index contributed by atoms with van der Waals surface area (Å²) >= 11 is 12.2. The van der Waals surface area contributed by atoms with Crippen LogP contribution in [0.2, 0.25) is 10.0 Å². The summed E-state index contributed by atoms with van der Waals surface area (Å²) in [4.78, 5) is 179. The van der Waals surface area contributed by atoms with Crippen LogP contribution in [0.25, 0.3) is 0 Å². The summed E-state index contributed by atoms with van der Waals surface area (Å²) in [6.45, 7) is 11.3. The maximum Gasteiger partial charge on any atom is 0.303 e. The molecular formula is C87H103Cl2N13O17. The van der Waals surface area contributed by atoms with Crippen molar-refractivity contribution in [2.45, 2.75) is 190 Å². The first-order valence-electron chi connectivity index (χ1n) is 41.3. The topological polar surface area (TPSA) is 405 Å². The van der Waals surface area contributed by atoms with Crippen LogP contribution in [-0.2, 0) is 60.7 Å². The van der Waals surface area contributed by atoms with E-state index in [9.17, 15) is 67.7 Å². The molecule has 0 spiro atoms. The van der Waals surface area contributed by atoms with Gasteiger partial charge in [-0.05, 0) is 154 Å². The average Bonchev–Trinajstić information content (AvgIpc) is 1.52. The van der Waals surface area contributed by atoms with Gasteiger partial charge in [-0.3, -0.25) is 78.0 Å². The number of aliphatic hydroxyl groups excluding tert-OH is 2. The molecule has 6 aromatic rings. The smallest absolute Gasteiger partial charge is 0.303 e. The second-order valence-electron chi connectivity index (χ2n) is 31.5. The number of anilines is 2. The van der Waals surface area contributed by atoms with Crippen molar-refractivity contribution in [1.29, 1.82) is 0 Å². The largest absolute Gasteiger partial charge is 0.481 e. The number of piperazine rings is 2. The lowest BCUT2D eigenvalue weighted by Gasteiger charge is -2.38. The summed E-state index contributed by atoms with van der Waals surface area (Å²) in [6, 6.07) is 23.1. The zero-order valence-electron chi connectivity index (χ0n) is 67.1. The van der Waals surface area contributed by atoms with Crippen LogP contribution in [0.4, 0.5) is 11.6 Å². The molecule has 2 aliphatic carbocycles. The van der Waals surface area contributed by atoms with Crippen molar-refractivity contribution < 1.29 is 82.3 Å². The number of ether oxygens (including phenoxy) is 2. The summed E-state index contributed by atoms with van der Waals surface area (Å²) in [5, 5.41) is 35.3. The number of aryl methyl sites for hydroxylation is 2. The quantitative estimate of drug-likeness (QED) is 0.0170. The van der Waals surface area contributed by atoms with Gasteiger partial charge in [0.15, 0.2) is 0 Å². The number of rotatable bonds is 32. The Kier molecular flexibility index (Phi) is 30.4. The lowest BCUT2D eigenvalue weighted by atomic mass is 9.91. The minimum absolute atomic E-state index is 0.0639. The third-order valence-electron chi connectivity index (χ3n) is 23.4. The Bertz CT molecular complexity index is 4750. The van der Waals surface area contributed by atoms with Crippen LogP contribution in [-0.4, -0.2) is 223 Å². The van der Waals surface area contributed by atoms with E-state index in [4.69, 9.17) is 43.5 Å². The number of carbonyl (C=O) groups is 12. The van der Waals surface area contributed by atoms with E-state index in [0.717, 1.165) is 61.4 Å². The lowest BCUT2D eigenvalue weighted by molar-refractivity contribution is -0.138. The molecule has 14 rings (SSSR count). The molecule has 4 aromatic carbocycles. The Labute approximate surface area is 700 Å². The summed E-state index contributed by atoms with van der Waals surface area (Å²) < 4.78 is 11.1. The number of aliphatic hydroxyl groups is 2. The number of carbonyl (C=O) groups excluding carboxylic acids is 11. The maximum absolute atomic E-state index is 14.0. The SMILES string of the molecule is C[C@@H]1C[C@@H](O)c2ncnc(N3CCN(C(=O)[C@H](CCCCC(=O)CCCOCCCc4cccc5c4C(=O)N(C4CCC(=O)NC4=O)C5=O)c4ccc(Cl)cc4)CC3)c21.C[C@@H]1C[C@@H](O)c2ncnc(N3CCN(C(=O)[C@H](CCCCC(=O)O)c4ccc(Cl)cc4)CC3)c21.NCCOCCCc1cccc2c1C(=O)N(C1CCC(=O)NC1=O)C2=O. The van der Waals surface area contributed by atoms with E-state index in [2.05, 4.69) is 54.2 Å². The van der Waals surface area contributed by atoms with Gasteiger partial charge in [-0.15, -0.1) is 0 Å². The van der Waals surface area contributed by atoms with E-state index in [-0.39, 0.29) is 84.8 Å². The zero-order valence-corrected chi connectivity index (χ0v) is 68.6. The highest BCUT2D eigenvalue weighted by Crippen LogP contribution is 2.45. The third kappa shape index (κ3) is 21.1. The van der Waals surface area contributed by atoms with Crippen LogP contribution in [0.3, 0.4) is 0 Å². The number of nitrogens with two attached hydrogens (primary N) is 1. The Morgan fingerprint density at radius 3 is 1.32 bits per heavy atom. The number of aromatic nitrogens is 4. The molecule has 8 heterocycles. The number of imide groups is 4. The molecular weight excluding hydrogens is 1570 g/mol. The first-order valence-corrected chi connectivity index (χ1v) is 42.1. The van der Waals surface area contributed by atoms with Crippen molar-refractivity contribution in [2.75, 3.05) is 95.1 Å². The molecule has 4 fully saturated rings. The van der Waals surface area contributed by atoms with Crippen molar-refractivity contribution >= 4 is 106 Å². The number of Topliss-reactive ketones (excluding diaryl/α,β-unsaturated/α-hetero) is 1. The van der Waals surface area contributed by atoms with Gasteiger partial charge < -0.3 is 50.1 Å². The van der Waals surface area contributed by atoms with Crippen LogP contribution in [0.15, 0.2) is 97.6 Å². The van der Waals surface area contributed by atoms with Crippen molar-refractivity contribution in [3.63, 3.8) is 0 Å². The minimum Gasteiger partial charge on any atom is -0.481 e. The molecule has 2 aromatic heterocycles. The molecule has 0 radical (unpaired) electrons. The van der Waals surface area contributed by atoms with E-state index in [0.29, 0.717) is 213 Å². The fraction of sp³-hybridized carbons (Fsp3) is 0.494. The molecule has 32 heteroatoms. The first-order chi connectivity index (χ1) is 57.4. The van der Waals surface area contributed by atoms with Crippen LogP contribution in [0.1, 0.15) is 252 Å². The third-order valence-corrected chi connectivity index (χ3v) is 23.9. The fourth-order valence-electron chi connectivity index (χ4n) is 17.3. The van der Waals surface area contributed by atoms with E-state index in [1.165, 1.54) is 12.7 Å². The van der Waals surface area contributed by atoms with Crippen molar-refractivity contribution in [1.82, 2.24) is 50.2 Å². The van der Waals surface area contributed by atoms with Crippen molar-refractivity contribution in [2.24, 2.45) is 5.73 Å². The molecule has 4 saturated heterocycles. The molecule has 8 aliphatic rings. The van der Waals surface area contributed by atoms with Crippen LogP contribution < -0.4 is 26.2 Å². The van der Waals surface area contributed by atoms with Crippen LogP contribution >= 0.6 is 23.2 Å². The van der Waals surface area contributed by atoms with Gasteiger partial charge in [-0.1, -0.05) is 98.4 Å². The molecule has 10 amide bonds. The molecule has 8 atom stereocenters. The number of nitrogens with zero attached hydrogens (tertiary/aromatic N) is 10. The number of piperidine rings is 2. The van der Waals surface area contributed by atoms with E-state index in [1.807, 2.05) is 46.2 Å². The number of aliphatic carboxylic acids is 1. The van der Waals surface area contributed by atoms with E-state index in [1.54, 1.807) is 48.5 Å². The number of ketones is 1. The standard InChI is InChI=1S/C44H51ClN6O8.C25H31ClN4O4.C18H21N3O5/c1-27-25-35(53)39-37(27)40(47-26-46-39)49-19-21-50(22-20-49)42(56)32(28-13-15-30(45)16-14-28)11-3-2-9-31(52)10-6-24-59-23-5-8-29-7-4-12-33-38(29)44(58)51(43(33)57)34-17-18-36(54)48-41(34)55;1-16-14-20(31)23-22(16)24(28-15-27-23)29-10-12-30(13-11-29)25(34)19(4-2-3-5-21(32)33)17-6-8-18(26)9-7-17;19-8-10-26-9-2-4-11-3-1-5-12-15(11)18(25)21(17(12)24)13-6-7-14(22)20-16(13)23/h4,7,12-16,26-27,32,34-35,53H,2-3,5-6,8-11,17-25H2,1H3,(H,48,54,55);6-9,15-16,19-20,31H,2-5,10-14H2,1H3,(H,32,33);1,3,5,13H,2,4,6-10,19H2,(H,20,22,23)/t27-,32-,34?,35-;16-,19-,20-;/m11./s1. The van der Waals surface area contributed by atoms with Crippen LogP contribution in [0.5, 0.6) is 0 Å². The number of fused-ring (bicyclic) bond motifs is 4. The normalized spacial score (nSPS) is 20.6. The second kappa shape index (κ2) is 41.1. The molecule has 632 valence electrons. The number of unbranched alkanes of at least 4 members (excludes halogenated alkanes) is 2. The molecule has 30 nitrogen and oxygen atoms in total. The summed E-state index contributed by atoms with van der Waals surface area (Å²) in [5.74, 6) is -3.17. The molecule has 0 saturated carbocycles. The zero-order chi connectivity index (χ0) is 84.6. The monoisotopic (exact) mass is 1670 g/mol. The van der Waals surface area contributed by atoms with Crippen molar-refractivity contribution in [3.05, 3.63) is 175 Å². The molecule has 2 unspecified atom stereocenters. The number of carboxylic acid groups (broad SMARTS) is 1. The number of nitrogens with one attached hydrogen (secondary N) is 2. The van der Waals surface area contributed by atoms with Gasteiger partial charge in [-0.2, -0.15) is 0 Å². The number of hydrogen-bond acceptors (Lipinski definition) is 23.